The maximum Gasteiger partial charge on any atom is 0.266 e. The van der Waals surface area contributed by atoms with Crippen LogP contribution in [0.15, 0.2) is 77.6 Å². The number of benzene rings is 3. The van der Waals surface area contributed by atoms with E-state index in [9.17, 15) is 9.59 Å². The summed E-state index contributed by atoms with van der Waals surface area (Å²) in [7, 11) is 0. The summed E-state index contributed by atoms with van der Waals surface area (Å²) in [5.41, 5.74) is 2.30. The number of fused-ring (bicyclic) bond motifs is 1. The lowest BCUT2D eigenvalue weighted by Gasteiger charge is -2.10. The van der Waals surface area contributed by atoms with Crippen molar-refractivity contribution in [3.8, 4) is 5.69 Å². The molecular formula is C22H16ClN3O2S. The Kier molecular flexibility index (Phi) is 5.29. The summed E-state index contributed by atoms with van der Waals surface area (Å²) in [6, 6.07) is 21.4. The van der Waals surface area contributed by atoms with Gasteiger partial charge in [0.2, 0.25) is 0 Å². The average Bonchev–Trinajstić information content (AvgIpc) is 2.72. The molecule has 0 aliphatic heterocycles. The summed E-state index contributed by atoms with van der Waals surface area (Å²) < 4.78 is 1.71. The maximum absolute atomic E-state index is 12.9. The van der Waals surface area contributed by atoms with E-state index in [-0.39, 0.29) is 16.2 Å². The minimum atomic E-state index is -0.251. The molecule has 4 rings (SSSR count). The van der Waals surface area contributed by atoms with Crippen molar-refractivity contribution < 1.29 is 4.79 Å². The minimum absolute atomic E-state index is 0.235. The number of carbonyl (C=O) groups excluding carboxylic acids is 1. The number of para-hydroxylation sites is 1. The summed E-state index contributed by atoms with van der Waals surface area (Å²) >= 11 is 11.4. The van der Waals surface area contributed by atoms with E-state index in [1.165, 1.54) is 4.57 Å². The zero-order valence-corrected chi connectivity index (χ0v) is 16.8. The van der Waals surface area contributed by atoms with Gasteiger partial charge in [-0.05, 0) is 60.2 Å². The molecule has 0 saturated heterocycles. The number of aromatic nitrogens is 2. The van der Waals surface area contributed by atoms with E-state index in [0.29, 0.717) is 33.7 Å². The highest BCUT2D eigenvalue weighted by Gasteiger charge is 2.11. The molecule has 1 heterocycles. The van der Waals surface area contributed by atoms with Gasteiger partial charge in [-0.3, -0.25) is 14.2 Å². The molecule has 0 fully saturated rings. The maximum atomic E-state index is 12.9. The van der Waals surface area contributed by atoms with E-state index in [1.807, 2.05) is 42.5 Å². The van der Waals surface area contributed by atoms with Crippen LogP contribution in [0.5, 0.6) is 0 Å². The molecule has 0 aliphatic rings. The summed E-state index contributed by atoms with van der Waals surface area (Å²) in [6.07, 6.45) is 0. The number of rotatable bonds is 4. The van der Waals surface area contributed by atoms with Gasteiger partial charge in [0.15, 0.2) is 4.77 Å². The molecule has 0 unspecified atom stereocenters. The molecule has 2 N–H and O–H groups in total. The van der Waals surface area contributed by atoms with Gasteiger partial charge in [-0.25, -0.2) is 0 Å². The van der Waals surface area contributed by atoms with Gasteiger partial charge in [0.25, 0.3) is 11.5 Å². The molecule has 0 bridgehead atoms. The zero-order chi connectivity index (χ0) is 20.4. The molecular weight excluding hydrogens is 406 g/mol. The molecule has 4 aromatic rings. The van der Waals surface area contributed by atoms with Crippen molar-refractivity contribution >= 4 is 40.6 Å². The second-order valence-corrected chi connectivity index (χ2v) is 7.30. The predicted molar refractivity (Wildman–Crippen MR) is 117 cm³/mol. The fourth-order valence-corrected chi connectivity index (χ4v) is 3.61. The highest BCUT2D eigenvalue weighted by Crippen LogP contribution is 2.14. The van der Waals surface area contributed by atoms with Crippen LogP contribution in [-0.2, 0) is 6.54 Å². The van der Waals surface area contributed by atoms with E-state index < -0.39 is 0 Å². The minimum Gasteiger partial charge on any atom is -0.348 e. The van der Waals surface area contributed by atoms with Crippen LogP contribution in [0.25, 0.3) is 16.6 Å². The predicted octanol–water partition coefficient (Wildman–Crippen LogP) is 4.63. The van der Waals surface area contributed by atoms with Crippen molar-refractivity contribution in [1.82, 2.24) is 14.9 Å². The van der Waals surface area contributed by atoms with Crippen molar-refractivity contribution in [2.24, 2.45) is 0 Å². The molecule has 0 atom stereocenters. The van der Waals surface area contributed by atoms with Gasteiger partial charge in [-0.1, -0.05) is 41.9 Å². The number of aromatic amines is 1. The molecule has 0 spiro atoms. The molecule has 29 heavy (non-hydrogen) atoms. The highest BCUT2D eigenvalue weighted by atomic mass is 35.5. The van der Waals surface area contributed by atoms with Gasteiger partial charge in [-0.2, -0.15) is 0 Å². The number of nitrogens with one attached hydrogen (secondary N) is 2. The SMILES string of the molecule is O=C(NCc1cccc(Cl)c1)c1ccc2c(=O)n(-c3ccccc3)c(=S)[nH]c2c1. The number of halogens is 1. The number of nitrogens with zero attached hydrogens (tertiary/aromatic N) is 1. The Hall–Kier alpha value is -3.22. The van der Waals surface area contributed by atoms with Gasteiger partial charge >= 0.3 is 0 Å². The Morgan fingerprint density at radius 2 is 1.83 bits per heavy atom. The van der Waals surface area contributed by atoms with E-state index in [2.05, 4.69) is 10.3 Å². The topological polar surface area (TPSA) is 66.9 Å². The molecule has 0 aliphatic carbocycles. The molecule has 3 aromatic carbocycles. The van der Waals surface area contributed by atoms with E-state index >= 15 is 0 Å². The lowest BCUT2D eigenvalue weighted by molar-refractivity contribution is 0.0951. The Bertz CT molecular complexity index is 1330. The third kappa shape index (κ3) is 3.99. The third-order valence-corrected chi connectivity index (χ3v) is 5.04. The smallest absolute Gasteiger partial charge is 0.266 e. The second-order valence-electron chi connectivity index (χ2n) is 6.48. The Morgan fingerprint density at radius 3 is 2.59 bits per heavy atom. The molecule has 7 heteroatoms. The number of H-pyrrole nitrogens is 1. The highest BCUT2D eigenvalue weighted by molar-refractivity contribution is 7.71. The van der Waals surface area contributed by atoms with Gasteiger partial charge in [-0.15, -0.1) is 0 Å². The first kappa shape index (κ1) is 19.1. The molecule has 5 nitrogen and oxygen atoms in total. The third-order valence-electron chi connectivity index (χ3n) is 4.52. The van der Waals surface area contributed by atoms with Crippen LogP contribution >= 0.6 is 23.8 Å². The van der Waals surface area contributed by atoms with Crippen molar-refractivity contribution in [2.75, 3.05) is 0 Å². The molecule has 0 radical (unpaired) electrons. The van der Waals surface area contributed by atoms with Crippen LogP contribution in [0.3, 0.4) is 0 Å². The lowest BCUT2D eigenvalue weighted by Crippen LogP contribution is -2.24. The quantitative estimate of drug-likeness (QED) is 0.472. The first-order valence-electron chi connectivity index (χ1n) is 8.90. The standard InChI is InChI=1S/C22H16ClN3O2S/c23-16-6-4-5-14(11-16)13-24-20(27)15-9-10-18-19(12-15)25-22(29)26(21(18)28)17-7-2-1-3-8-17/h1-12H,13H2,(H,24,27)(H,25,29). The van der Waals surface area contributed by atoms with Crippen LogP contribution < -0.4 is 10.9 Å². The molecule has 1 amide bonds. The summed E-state index contributed by atoms with van der Waals surface area (Å²) in [4.78, 5) is 28.5. The van der Waals surface area contributed by atoms with Crippen molar-refractivity contribution in [2.45, 2.75) is 6.54 Å². The van der Waals surface area contributed by atoms with Crippen LogP contribution in [0.1, 0.15) is 15.9 Å². The second kappa shape index (κ2) is 8.03. The van der Waals surface area contributed by atoms with Crippen LogP contribution in [0.4, 0.5) is 0 Å². The van der Waals surface area contributed by atoms with Crippen LogP contribution in [0, 0.1) is 4.77 Å². The van der Waals surface area contributed by atoms with Crippen LogP contribution in [-0.4, -0.2) is 15.5 Å². The van der Waals surface area contributed by atoms with Gasteiger partial charge in [0, 0.05) is 17.1 Å². The summed E-state index contributed by atoms with van der Waals surface area (Å²) in [5, 5.41) is 3.92. The van der Waals surface area contributed by atoms with Crippen molar-refractivity contribution in [3.63, 3.8) is 0 Å². The number of carbonyl (C=O) groups is 1. The van der Waals surface area contributed by atoms with E-state index in [4.69, 9.17) is 23.8 Å². The Labute approximate surface area is 176 Å². The fourth-order valence-electron chi connectivity index (χ4n) is 3.10. The van der Waals surface area contributed by atoms with Gasteiger partial charge in [0.1, 0.15) is 0 Å². The number of hydrogen-bond acceptors (Lipinski definition) is 3. The number of hydrogen-bond donors (Lipinski definition) is 2. The molecule has 0 saturated carbocycles. The molecule has 144 valence electrons. The van der Waals surface area contributed by atoms with E-state index in [0.717, 1.165) is 5.56 Å². The first-order valence-corrected chi connectivity index (χ1v) is 9.69. The Balaban J connectivity index is 1.65. The number of amides is 1. The summed E-state index contributed by atoms with van der Waals surface area (Å²) in [5.74, 6) is -0.251. The summed E-state index contributed by atoms with van der Waals surface area (Å²) in [6.45, 7) is 0.350. The normalized spacial score (nSPS) is 10.8. The molecule has 1 aromatic heterocycles. The van der Waals surface area contributed by atoms with Crippen molar-refractivity contribution in [1.29, 1.82) is 0 Å². The fraction of sp³-hybridized carbons (Fsp3) is 0.0455. The average molecular weight is 422 g/mol. The van der Waals surface area contributed by atoms with Gasteiger partial charge < -0.3 is 10.3 Å². The monoisotopic (exact) mass is 421 g/mol. The van der Waals surface area contributed by atoms with E-state index in [1.54, 1.807) is 30.3 Å². The largest absolute Gasteiger partial charge is 0.348 e. The lowest BCUT2D eigenvalue weighted by atomic mass is 10.1. The Morgan fingerprint density at radius 1 is 1.03 bits per heavy atom. The van der Waals surface area contributed by atoms with Gasteiger partial charge in [0.05, 0.1) is 16.6 Å². The van der Waals surface area contributed by atoms with Crippen LogP contribution in [0.2, 0.25) is 5.02 Å². The first-order chi connectivity index (χ1) is 14.0. The van der Waals surface area contributed by atoms with Crippen molar-refractivity contribution in [3.05, 3.63) is 104 Å². The zero-order valence-electron chi connectivity index (χ0n) is 15.2.